The van der Waals surface area contributed by atoms with Gasteiger partial charge in [0.05, 0.1) is 0 Å². The molecule has 1 heterocycles. The van der Waals surface area contributed by atoms with E-state index in [1.54, 1.807) is 11.0 Å². The fourth-order valence-electron chi connectivity index (χ4n) is 3.53. The lowest BCUT2D eigenvalue weighted by molar-refractivity contribution is -0.125. The Morgan fingerprint density at radius 2 is 1.86 bits per heavy atom. The Morgan fingerprint density at radius 3 is 2.54 bits per heavy atom. The highest BCUT2D eigenvalue weighted by Gasteiger charge is 2.41. The summed E-state index contributed by atoms with van der Waals surface area (Å²) < 4.78 is 0. The monoisotopic (exact) mass is 399 g/mol. The number of carbonyl (C=O) groups excluding carboxylic acids is 2. The number of hydrogen-bond donors (Lipinski definition) is 1. The zero-order valence-corrected chi connectivity index (χ0v) is 17.2. The fourth-order valence-corrected chi connectivity index (χ4v) is 3.66. The second-order valence-corrected chi connectivity index (χ2v) is 7.93. The lowest BCUT2D eigenvalue weighted by atomic mass is 9.99. The van der Waals surface area contributed by atoms with Crippen LogP contribution in [0, 0.1) is 0 Å². The molecule has 0 saturated carbocycles. The molecule has 0 fully saturated rings. The van der Waals surface area contributed by atoms with E-state index in [0.717, 1.165) is 17.7 Å². The van der Waals surface area contributed by atoms with Gasteiger partial charge in [0, 0.05) is 30.2 Å². The number of nitrogens with zero attached hydrogens (tertiary/aromatic N) is 2. The quantitative estimate of drug-likeness (QED) is 0.777. The van der Waals surface area contributed by atoms with Crippen molar-refractivity contribution in [3.63, 3.8) is 0 Å². The standard InChI is InChI=1S/C22H26ClN3O2/c1-15(16-8-10-17(23)11-9-16)14-26-20(21(27)24-12-13-25(2)3)18-6-4-5-7-19(18)22(26)28/h4-11,15,20H,12-14H2,1-3H3,(H,24,27). The van der Waals surface area contributed by atoms with E-state index in [2.05, 4.69) is 12.2 Å². The highest BCUT2D eigenvalue weighted by Crippen LogP contribution is 2.35. The summed E-state index contributed by atoms with van der Waals surface area (Å²) in [7, 11) is 3.92. The number of nitrogens with one attached hydrogen (secondary N) is 1. The first-order chi connectivity index (χ1) is 13.4. The molecule has 2 amide bonds. The van der Waals surface area contributed by atoms with Crippen LogP contribution in [-0.4, -0.2) is 55.3 Å². The van der Waals surface area contributed by atoms with Crippen LogP contribution in [0.5, 0.6) is 0 Å². The van der Waals surface area contributed by atoms with E-state index >= 15 is 0 Å². The molecule has 0 spiro atoms. The maximum atomic E-state index is 13.0. The van der Waals surface area contributed by atoms with Crippen molar-refractivity contribution in [3.05, 3.63) is 70.2 Å². The smallest absolute Gasteiger partial charge is 0.255 e. The summed E-state index contributed by atoms with van der Waals surface area (Å²) in [5.74, 6) is -0.153. The summed E-state index contributed by atoms with van der Waals surface area (Å²) in [6.45, 7) is 3.80. The summed E-state index contributed by atoms with van der Waals surface area (Å²) >= 11 is 5.99. The Balaban J connectivity index is 1.82. The first-order valence-electron chi connectivity index (χ1n) is 9.46. The van der Waals surface area contributed by atoms with Gasteiger partial charge in [-0.05, 0) is 49.3 Å². The zero-order chi connectivity index (χ0) is 20.3. The molecule has 2 aromatic rings. The molecule has 3 rings (SSSR count). The molecule has 1 N–H and O–H groups in total. The summed E-state index contributed by atoms with van der Waals surface area (Å²) in [4.78, 5) is 29.7. The number of halogens is 1. The molecule has 0 aliphatic carbocycles. The van der Waals surface area contributed by atoms with Gasteiger partial charge in [-0.2, -0.15) is 0 Å². The number of carbonyl (C=O) groups is 2. The number of fused-ring (bicyclic) bond motifs is 1. The third-order valence-corrected chi connectivity index (χ3v) is 5.33. The number of amides is 2. The van der Waals surface area contributed by atoms with E-state index in [1.807, 2.05) is 61.5 Å². The van der Waals surface area contributed by atoms with E-state index < -0.39 is 6.04 Å². The van der Waals surface area contributed by atoms with Gasteiger partial charge in [0.1, 0.15) is 6.04 Å². The van der Waals surface area contributed by atoms with Gasteiger partial charge in [0.2, 0.25) is 5.91 Å². The van der Waals surface area contributed by atoms with Gasteiger partial charge in [-0.1, -0.05) is 48.9 Å². The number of rotatable bonds is 7. The van der Waals surface area contributed by atoms with Crippen molar-refractivity contribution in [2.75, 3.05) is 33.7 Å². The van der Waals surface area contributed by atoms with Crippen LogP contribution in [0.25, 0.3) is 0 Å². The molecule has 0 saturated heterocycles. The van der Waals surface area contributed by atoms with Gasteiger partial charge in [-0.3, -0.25) is 9.59 Å². The van der Waals surface area contributed by atoms with Gasteiger partial charge >= 0.3 is 0 Å². The fraction of sp³-hybridized carbons (Fsp3) is 0.364. The average molecular weight is 400 g/mol. The largest absolute Gasteiger partial charge is 0.353 e. The maximum absolute atomic E-state index is 13.0. The highest BCUT2D eigenvalue weighted by molar-refractivity contribution is 6.30. The highest BCUT2D eigenvalue weighted by atomic mass is 35.5. The van der Waals surface area contributed by atoms with Crippen LogP contribution < -0.4 is 5.32 Å². The van der Waals surface area contributed by atoms with Gasteiger partial charge in [-0.15, -0.1) is 0 Å². The third-order valence-electron chi connectivity index (χ3n) is 5.07. The van der Waals surface area contributed by atoms with Crippen LogP contribution in [0.2, 0.25) is 5.02 Å². The summed E-state index contributed by atoms with van der Waals surface area (Å²) in [5.41, 5.74) is 2.47. The molecule has 0 radical (unpaired) electrons. The normalized spacial score (nSPS) is 17.0. The molecular weight excluding hydrogens is 374 g/mol. The summed E-state index contributed by atoms with van der Waals surface area (Å²) in [6.07, 6.45) is 0. The Morgan fingerprint density at radius 1 is 1.18 bits per heavy atom. The average Bonchev–Trinajstić information content (AvgIpc) is 2.94. The topological polar surface area (TPSA) is 52.7 Å². The van der Waals surface area contributed by atoms with E-state index in [-0.39, 0.29) is 17.7 Å². The summed E-state index contributed by atoms with van der Waals surface area (Å²) in [6, 6.07) is 14.4. The Labute approximate surface area is 171 Å². The van der Waals surface area contributed by atoms with E-state index in [9.17, 15) is 9.59 Å². The van der Waals surface area contributed by atoms with Crippen molar-refractivity contribution in [2.45, 2.75) is 18.9 Å². The molecular formula is C22H26ClN3O2. The second kappa shape index (κ2) is 8.76. The third kappa shape index (κ3) is 4.37. The van der Waals surface area contributed by atoms with Crippen LogP contribution in [0.4, 0.5) is 0 Å². The van der Waals surface area contributed by atoms with Crippen molar-refractivity contribution < 1.29 is 9.59 Å². The van der Waals surface area contributed by atoms with E-state index in [4.69, 9.17) is 11.6 Å². The molecule has 148 valence electrons. The molecule has 28 heavy (non-hydrogen) atoms. The van der Waals surface area contributed by atoms with Crippen LogP contribution in [0.3, 0.4) is 0 Å². The van der Waals surface area contributed by atoms with Crippen molar-refractivity contribution >= 4 is 23.4 Å². The van der Waals surface area contributed by atoms with Crippen LogP contribution in [0.1, 0.15) is 40.4 Å². The van der Waals surface area contributed by atoms with Crippen molar-refractivity contribution in [3.8, 4) is 0 Å². The lowest BCUT2D eigenvalue weighted by Crippen LogP contribution is -2.42. The van der Waals surface area contributed by atoms with Crippen molar-refractivity contribution in [2.24, 2.45) is 0 Å². The number of likely N-dealkylation sites (N-methyl/N-ethyl adjacent to an activating group) is 1. The predicted molar refractivity (Wildman–Crippen MR) is 112 cm³/mol. The molecule has 6 heteroatoms. The minimum Gasteiger partial charge on any atom is -0.353 e. The molecule has 1 aliphatic rings. The minimum absolute atomic E-state index is 0.0765. The first kappa shape index (κ1) is 20.4. The molecule has 0 bridgehead atoms. The number of benzene rings is 2. The van der Waals surface area contributed by atoms with Crippen LogP contribution in [0.15, 0.2) is 48.5 Å². The minimum atomic E-state index is -0.597. The van der Waals surface area contributed by atoms with E-state index in [1.165, 1.54) is 0 Å². The lowest BCUT2D eigenvalue weighted by Gasteiger charge is -2.28. The molecule has 2 unspecified atom stereocenters. The molecule has 5 nitrogen and oxygen atoms in total. The second-order valence-electron chi connectivity index (χ2n) is 7.49. The van der Waals surface area contributed by atoms with Gasteiger partial charge < -0.3 is 15.1 Å². The predicted octanol–water partition coefficient (Wildman–Crippen LogP) is 3.32. The molecule has 2 atom stereocenters. The first-order valence-corrected chi connectivity index (χ1v) is 9.84. The van der Waals surface area contributed by atoms with Gasteiger partial charge in [-0.25, -0.2) is 0 Å². The van der Waals surface area contributed by atoms with Crippen LogP contribution in [-0.2, 0) is 4.79 Å². The SMILES string of the molecule is CC(CN1C(=O)c2ccccc2C1C(=O)NCCN(C)C)c1ccc(Cl)cc1. The zero-order valence-electron chi connectivity index (χ0n) is 16.5. The number of hydrogen-bond acceptors (Lipinski definition) is 3. The Kier molecular flexibility index (Phi) is 6.37. The van der Waals surface area contributed by atoms with E-state index in [0.29, 0.717) is 23.7 Å². The van der Waals surface area contributed by atoms with Gasteiger partial charge in [0.15, 0.2) is 0 Å². The Bertz CT molecular complexity index is 851. The molecule has 0 aromatic heterocycles. The van der Waals surface area contributed by atoms with Crippen LogP contribution >= 0.6 is 11.6 Å². The van der Waals surface area contributed by atoms with Crippen molar-refractivity contribution in [1.82, 2.24) is 15.1 Å². The molecule has 1 aliphatic heterocycles. The molecule has 2 aromatic carbocycles. The Hall–Kier alpha value is -2.37. The van der Waals surface area contributed by atoms with Crippen molar-refractivity contribution in [1.29, 1.82) is 0 Å². The summed E-state index contributed by atoms with van der Waals surface area (Å²) in [5, 5.41) is 3.66. The maximum Gasteiger partial charge on any atom is 0.255 e. The van der Waals surface area contributed by atoms with Gasteiger partial charge in [0.25, 0.3) is 5.91 Å².